The van der Waals surface area contributed by atoms with Gasteiger partial charge in [-0.3, -0.25) is 0 Å². The van der Waals surface area contributed by atoms with Gasteiger partial charge in [0.2, 0.25) is 0 Å². The van der Waals surface area contributed by atoms with Crippen molar-refractivity contribution in [2.45, 2.75) is 32.7 Å². The van der Waals surface area contributed by atoms with Gasteiger partial charge in [-0.05, 0) is 44.4 Å². The zero-order valence-corrected chi connectivity index (χ0v) is 11.5. The molecule has 0 radical (unpaired) electrons. The molecule has 1 N–H and O–H groups in total. The van der Waals surface area contributed by atoms with Gasteiger partial charge in [0.05, 0.1) is 5.69 Å². The third-order valence-corrected chi connectivity index (χ3v) is 3.22. The second-order valence-electron chi connectivity index (χ2n) is 5.05. The summed E-state index contributed by atoms with van der Waals surface area (Å²) in [5, 5.41) is 3.22. The van der Waals surface area contributed by atoms with E-state index in [-0.39, 0.29) is 11.9 Å². The summed E-state index contributed by atoms with van der Waals surface area (Å²) in [5.41, 5.74) is 3.20. The van der Waals surface area contributed by atoms with Gasteiger partial charge in [0, 0.05) is 6.04 Å². The first-order valence-corrected chi connectivity index (χ1v) is 6.72. The van der Waals surface area contributed by atoms with E-state index in [4.69, 9.17) is 0 Å². The van der Waals surface area contributed by atoms with Crippen LogP contribution < -0.4 is 5.32 Å². The Morgan fingerprint density at radius 3 is 2.63 bits per heavy atom. The zero-order chi connectivity index (χ0) is 13.7. The summed E-state index contributed by atoms with van der Waals surface area (Å²) >= 11 is 0. The quantitative estimate of drug-likeness (QED) is 0.827. The Hall–Kier alpha value is -1.83. The molecule has 0 saturated carbocycles. The number of aryl methyl sites for hydroxylation is 2. The fourth-order valence-corrected chi connectivity index (χ4v) is 2.17. The van der Waals surface area contributed by atoms with Crippen LogP contribution in [0.5, 0.6) is 0 Å². The number of benzene rings is 2. The van der Waals surface area contributed by atoms with Crippen molar-refractivity contribution in [3.05, 3.63) is 65.5 Å². The van der Waals surface area contributed by atoms with Crippen LogP contribution in [0.3, 0.4) is 0 Å². The molecule has 0 aliphatic carbocycles. The minimum Gasteiger partial charge on any atom is -0.380 e. The topological polar surface area (TPSA) is 12.0 Å². The smallest absolute Gasteiger partial charge is 0.146 e. The molecule has 2 heteroatoms. The molecule has 0 aliphatic rings. The lowest BCUT2D eigenvalue weighted by molar-refractivity contribution is 0.622. The monoisotopic (exact) mass is 257 g/mol. The van der Waals surface area contributed by atoms with E-state index >= 15 is 0 Å². The number of rotatable bonds is 5. The molecule has 2 aromatic carbocycles. The molecule has 1 unspecified atom stereocenters. The Balaban J connectivity index is 1.88. The molecule has 0 amide bonds. The minimum absolute atomic E-state index is 0.190. The van der Waals surface area contributed by atoms with Crippen LogP contribution in [-0.2, 0) is 6.42 Å². The second-order valence-corrected chi connectivity index (χ2v) is 5.05. The SMILES string of the molecule is Cc1cccc(CCC(C)Nc2ccccc2F)c1. The molecule has 0 fully saturated rings. The van der Waals surface area contributed by atoms with Crippen molar-refractivity contribution >= 4 is 5.69 Å². The van der Waals surface area contributed by atoms with E-state index in [1.807, 2.05) is 6.07 Å². The lowest BCUT2D eigenvalue weighted by atomic mass is 10.0. The number of anilines is 1. The van der Waals surface area contributed by atoms with Gasteiger partial charge < -0.3 is 5.32 Å². The normalized spacial score (nSPS) is 12.2. The van der Waals surface area contributed by atoms with Gasteiger partial charge in [-0.2, -0.15) is 0 Å². The van der Waals surface area contributed by atoms with Crippen LogP contribution in [0.25, 0.3) is 0 Å². The van der Waals surface area contributed by atoms with E-state index in [0.717, 1.165) is 12.8 Å². The highest BCUT2D eigenvalue weighted by atomic mass is 19.1. The van der Waals surface area contributed by atoms with E-state index in [1.165, 1.54) is 17.2 Å². The van der Waals surface area contributed by atoms with Gasteiger partial charge in [-0.25, -0.2) is 4.39 Å². The standard InChI is InChI=1S/C17H20FN/c1-13-6-5-7-15(12-13)11-10-14(2)19-17-9-4-3-8-16(17)18/h3-9,12,14,19H,10-11H2,1-2H3. The van der Waals surface area contributed by atoms with Gasteiger partial charge in [-0.15, -0.1) is 0 Å². The molecule has 0 spiro atoms. The summed E-state index contributed by atoms with van der Waals surface area (Å²) < 4.78 is 13.5. The largest absolute Gasteiger partial charge is 0.380 e. The Morgan fingerprint density at radius 1 is 1.11 bits per heavy atom. The molecular formula is C17H20FN. The third kappa shape index (κ3) is 4.09. The first-order valence-electron chi connectivity index (χ1n) is 6.72. The van der Waals surface area contributed by atoms with Crippen molar-refractivity contribution < 1.29 is 4.39 Å². The van der Waals surface area contributed by atoms with E-state index in [0.29, 0.717) is 5.69 Å². The summed E-state index contributed by atoms with van der Waals surface area (Å²) in [6, 6.07) is 15.6. The second kappa shape index (κ2) is 6.37. The Morgan fingerprint density at radius 2 is 1.89 bits per heavy atom. The molecule has 2 aromatic rings. The van der Waals surface area contributed by atoms with Gasteiger partial charge in [-0.1, -0.05) is 42.0 Å². The fraction of sp³-hybridized carbons (Fsp3) is 0.294. The van der Waals surface area contributed by atoms with E-state index < -0.39 is 0 Å². The van der Waals surface area contributed by atoms with Crippen LogP contribution in [0.2, 0.25) is 0 Å². The van der Waals surface area contributed by atoms with E-state index in [9.17, 15) is 4.39 Å². The van der Waals surface area contributed by atoms with Crippen molar-refractivity contribution in [3.63, 3.8) is 0 Å². The highest BCUT2D eigenvalue weighted by Gasteiger charge is 2.06. The van der Waals surface area contributed by atoms with Crippen LogP contribution in [0.4, 0.5) is 10.1 Å². The van der Waals surface area contributed by atoms with Gasteiger partial charge in [0.1, 0.15) is 5.82 Å². The number of halogens is 1. The zero-order valence-electron chi connectivity index (χ0n) is 11.5. The maximum absolute atomic E-state index is 13.5. The fourth-order valence-electron chi connectivity index (χ4n) is 2.17. The number of hydrogen-bond donors (Lipinski definition) is 1. The molecule has 0 heterocycles. The lowest BCUT2D eigenvalue weighted by Gasteiger charge is -2.15. The molecule has 1 atom stereocenters. The van der Waals surface area contributed by atoms with Gasteiger partial charge in [0.25, 0.3) is 0 Å². The number of nitrogens with one attached hydrogen (secondary N) is 1. The molecule has 100 valence electrons. The van der Waals surface area contributed by atoms with E-state index in [1.54, 1.807) is 12.1 Å². The number of para-hydroxylation sites is 1. The lowest BCUT2D eigenvalue weighted by Crippen LogP contribution is -2.16. The van der Waals surface area contributed by atoms with Crippen LogP contribution >= 0.6 is 0 Å². The highest BCUT2D eigenvalue weighted by molar-refractivity contribution is 5.45. The maximum Gasteiger partial charge on any atom is 0.146 e. The summed E-state index contributed by atoms with van der Waals surface area (Å²) in [7, 11) is 0. The predicted octanol–water partition coefficient (Wildman–Crippen LogP) is 4.57. The Bertz CT molecular complexity index is 536. The summed E-state index contributed by atoms with van der Waals surface area (Å²) in [5.74, 6) is -0.190. The first-order chi connectivity index (χ1) is 9.15. The molecule has 0 bridgehead atoms. The highest BCUT2D eigenvalue weighted by Crippen LogP contribution is 2.16. The van der Waals surface area contributed by atoms with Gasteiger partial charge >= 0.3 is 0 Å². The molecule has 19 heavy (non-hydrogen) atoms. The van der Waals surface area contributed by atoms with E-state index in [2.05, 4.69) is 43.4 Å². The van der Waals surface area contributed by atoms with Crippen LogP contribution in [0, 0.1) is 12.7 Å². The first kappa shape index (κ1) is 13.6. The Labute approximate surface area is 114 Å². The summed E-state index contributed by atoms with van der Waals surface area (Å²) in [6.45, 7) is 4.19. The molecule has 1 nitrogen and oxygen atoms in total. The van der Waals surface area contributed by atoms with Crippen molar-refractivity contribution in [1.82, 2.24) is 0 Å². The van der Waals surface area contributed by atoms with Crippen LogP contribution in [0.15, 0.2) is 48.5 Å². The average molecular weight is 257 g/mol. The molecule has 2 rings (SSSR count). The van der Waals surface area contributed by atoms with Crippen molar-refractivity contribution in [3.8, 4) is 0 Å². The van der Waals surface area contributed by atoms with Crippen molar-refractivity contribution in [1.29, 1.82) is 0 Å². The maximum atomic E-state index is 13.5. The minimum atomic E-state index is -0.190. The van der Waals surface area contributed by atoms with Gasteiger partial charge in [0.15, 0.2) is 0 Å². The third-order valence-electron chi connectivity index (χ3n) is 3.22. The van der Waals surface area contributed by atoms with Crippen molar-refractivity contribution in [2.75, 3.05) is 5.32 Å². The van der Waals surface area contributed by atoms with Crippen LogP contribution in [0.1, 0.15) is 24.5 Å². The molecular weight excluding hydrogens is 237 g/mol. The van der Waals surface area contributed by atoms with Crippen LogP contribution in [-0.4, -0.2) is 6.04 Å². The predicted molar refractivity (Wildman–Crippen MR) is 79.0 cm³/mol. The number of hydrogen-bond acceptors (Lipinski definition) is 1. The average Bonchev–Trinajstić information content (AvgIpc) is 2.39. The summed E-state index contributed by atoms with van der Waals surface area (Å²) in [4.78, 5) is 0. The Kier molecular flexibility index (Phi) is 4.56. The molecule has 0 aliphatic heterocycles. The summed E-state index contributed by atoms with van der Waals surface area (Å²) in [6.07, 6.45) is 1.99. The molecule has 0 saturated heterocycles. The van der Waals surface area contributed by atoms with Crippen molar-refractivity contribution in [2.24, 2.45) is 0 Å². The molecule has 0 aromatic heterocycles.